The highest BCUT2D eigenvalue weighted by atomic mass is 32.1. The van der Waals surface area contributed by atoms with E-state index in [1.165, 1.54) is 0 Å². The van der Waals surface area contributed by atoms with Crippen molar-refractivity contribution in [3.63, 3.8) is 0 Å². The number of ether oxygens (including phenoxy) is 1. The lowest BCUT2D eigenvalue weighted by Gasteiger charge is -2.23. The fourth-order valence-corrected chi connectivity index (χ4v) is 4.69. The number of carbonyl (C=O) groups excluding carboxylic acids is 2. The van der Waals surface area contributed by atoms with Crippen molar-refractivity contribution < 1.29 is 14.3 Å². The van der Waals surface area contributed by atoms with Crippen molar-refractivity contribution in [1.29, 1.82) is 0 Å². The Kier molecular flexibility index (Phi) is 5.73. The molecule has 3 heterocycles. The van der Waals surface area contributed by atoms with Crippen LogP contribution in [0.15, 0.2) is 35.7 Å². The molecule has 0 saturated carbocycles. The van der Waals surface area contributed by atoms with Crippen LogP contribution in [-0.4, -0.2) is 40.9 Å². The number of nitrogens with one attached hydrogen (secondary N) is 1. The van der Waals surface area contributed by atoms with Gasteiger partial charge >= 0.3 is 11.8 Å². The highest BCUT2D eigenvalue weighted by Gasteiger charge is 2.35. The molecular formula is C21H25N3O3S. The van der Waals surface area contributed by atoms with Gasteiger partial charge in [0.1, 0.15) is 0 Å². The quantitative estimate of drug-likeness (QED) is 0.802. The number of aryl methyl sites for hydroxylation is 1. The Morgan fingerprint density at radius 2 is 2.07 bits per heavy atom. The summed E-state index contributed by atoms with van der Waals surface area (Å²) in [5, 5.41) is 5.74. The van der Waals surface area contributed by atoms with E-state index in [9.17, 15) is 9.59 Å². The van der Waals surface area contributed by atoms with Gasteiger partial charge in [0.15, 0.2) is 0 Å². The molecule has 1 N–H and O–H groups in total. The van der Waals surface area contributed by atoms with E-state index >= 15 is 0 Å². The summed E-state index contributed by atoms with van der Waals surface area (Å²) in [5.74, 6) is -1.02. The molecule has 4 rings (SSSR count). The van der Waals surface area contributed by atoms with Crippen LogP contribution in [0.5, 0.6) is 0 Å². The molecule has 148 valence electrons. The first-order chi connectivity index (χ1) is 13.6. The molecule has 7 heteroatoms. The van der Waals surface area contributed by atoms with E-state index in [0.29, 0.717) is 13.1 Å². The molecule has 1 aromatic carbocycles. The molecular weight excluding hydrogens is 374 g/mol. The average Bonchev–Trinajstić information content (AvgIpc) is 3.46. The topological polar surface area (TPSA) is 71.5 Å². The van der Waals surface area contributed by atoms with Gasteiger partial charge in [-0.3, -0.25) is 9.59 Å². The molecule has 2 amide bonds. The van der Waals surface area contributed by atoms with Gasteiger partial charge in [0.2, 0.25) is 0 Å². The Morgan fingerprint density at radius 3 is 2.82 bits per heavy atom. The maximum absolute atomic E-state index is 12.7. The van der Waals surface area contributed by atoms with Crippen molar-refractivity contribution in [3.05, 3.63) is 52.0 Å². The predicted molar refractivity (Wildman–Crippen MR) is 107 cm³/mol. The molecule has 2 aliphatic heterocycles. The average molecular weight is 400 g/mol. The number of likely N-dealkylation sites (tertiary alicyclic amines) is 1. The summed E-state index contributed by atoms with van der Waals surface area (Å²) in [4.78, 5) is 31.3. The zero-order chi connectivity index (χ0) is 19.5. The molecule has 2 aliphatic rings. The zero-order valence-corrected chi connectivity index (χ0v) is 16.8. The van der Waals surface area contributed by atoms with Crippen LogP contribution in [0, 0.1) is 6.92 Å². The van der Waals surface area contributed by atoms with Gasteiger partial charge < -0.3 is 15.0 Å². The van der Waals surface area contributed by atoms with E-state index in [1.54, 1.807) is 16.2 Å². The van der Waals surface area contributed by atoms with Crippen LogP contribution in [-0.2, 0) is 14.3 Å². The third-order valence-electron chi connectivity index (χ3n) is 5.46. The van der Waals surface area contributed by atoms with Crippen LogP contribution in [0.3, 0.4) is 0 Å². The second-order valence-electron chi connectivity index (χ2n) is 7.39. The first-order valence-corrected chi connectivity index (χ1v) is 10.7. The molecule has 0 aliphatic carbocycles. The number of rotatable bonds is 4. The maximum atomic E-state index is 12.7. The molecule has 0 radical (unpaired) electrons. The van der Waals surface area contributed by atoms with E-state index < -0.39 is 11.8 Å². The molecule has 2 aromatic rings. The maximum Gasteiger partial charge on any atom is 0.312 e. The van der Waals surface area contributed by atoms with Crippen molar-refractivity contribution in [1.82, 2.24) is 15.2 Å². The van der Waals surface area contributed by atoms with E-state index in [0.717, 1.165) is 41.9 Å². The van der Waals surface area contributed by atoms with Crippen LogP contribution in [0.25, 0.3) is 0 Å². The van der Waals surface area contributed by atoms with E-state index in [-0.39, 0.29) is 18.2 Å². The normalized spacial score (nSPS) is 24.5. The van der Waals surface area contributed by atoms with Crippen LogP contribution < -0.4 is 5.32 Å². The van der Waals surface area contributed by atoms with Gasteiger partial charge in [-0.25, -0.2) is 4.98 Å². The van der Waals surface area contributed by atoms with E-state index in [2.05, 4.69) is 22.4 Å². The predicted octanol–water partition coefficient (Wildman–Crippen LogP) is 3.15. The summed E-state index contributed by atoms with van der Waals surface area (Å²) in [6.07, 6.45) is 3.55. The van der Waals surface area contributed by atoms with Gasteiger partial charge in [-0.05, 0) is 38.2 Å². The largest absolute Gasteiger partial charge is 0.368 e. The van der Waals surface area contributed by atoms with Crippen molar-refractivity contribution >= 4 is 23.2 Å². The third-order valence-corrected chi connectivity index (χ3v) is 6.25. The number of carbonyl (C=O) groups is 2. The van der Waals surface area contributed by atoms with Crippen LogP contribution in [0.1, 0.15) is 54.1 Å². The molecule has 6 nitrogen and oxygen atoms in total. The van der Waals surface area contributed by atoms with Crippen LogP contribution in [0.4, 0.5) is 0 Å². The minimum Gasteiger partial charge on any atom is -0.368 e. The monoisotopic (exact) mass is 399 g/mol. The Morgan fingerprint density at radius 1 is 1.25 bits per heavy atom. The lowest BCUT2D eigenvalue weighted by atomic mass is 10.1. The van der Waals surface area contributed by atoms with E-state index in [4.69, 9.17) is 4.74 Å². The second kappa shape index (κ2) is 8.41. The molecule has 2 fully saturated rings. The van der Waals surface area contributed by atoms with E-state index in [1.807, 2.05) is 30.5 Å². The minimum absolute atomic E-state index is 0.0579. The smallest absolute Gasteiger partial charge is 0.312 e. The summed E-state index contributed by atoms with van der Waals surface area (Å²) in [5.41, 5.74) is 2.05. The molecule has 2 saturated heterocycles. The fraction of sp³-hybridized carbons (Fsp3) is 0.476. The molecule has 1 unspecified atom stereocenters. The van der Waals surface area contributed by atoms with Gasteiger partial charge in [0, 0.05) is 18.5 Å². The SMILES string of the molecule is Cc1nc(C2CCCN2C(=O)C(=O)NC[C@@H]2CC[C@H](c3ccccc3)O2)cs1. The molecule has 3 atom stereocenters. The van der Waals surface area contributed by atoms with Crippen molar-refractivity contribution in [3.8, 4) is 0 Å². The first kappa shape index (κ1) is 19.1. The van der Waals surface area contributed by atoms with Gasteiger partial charge in [0.25, 0.3) is 0 Å². The lowest BCUT2D eigenvalue weighted by molar-refractivity contribution is -0.146. The highest BCUT2D eigenvalue weighted by Crippen LogP contribution is 2.33. The third kappa shape index (κ3) is 4.10. The summed E-state index contributed by atoms with van der Waals surface area (Å²) < 4.78 is 6.05. The molecule has 0 bridgehead atoms. The van der Waals surface area contributed by atoms with Crippen molar-refractivity contribution in [2.45, 2.75) is 50.9 Å². The summed E-state index contributed by atoms with van der Waals surface area (Å²) in [6.45, 7) is 2.91. The fourth-order valence-electron chi connectivity index (χ4n) is 4.03. The van der Waals surface area contributed by atoms with Gasteiger partial charge in [-0.2, -0.15) is 0 Å². The Bertz CT molecular complexity index is 838. The molecule has 0 spiro atoms. The number of nitrogens with zero attached hydrogens (tertiary/aromatic N) is 2. The summed E-state index contributed by atoms with van der Waals surface area (Å²) in [7, 11) is 0. The number of hydrogen-bond donors (Lipinski definition) is 1. The standard InChI is InChI=1S/C21H25N3O3S/c1-14-23-17(13-28-14)18-8-5-11-24(18)21(26)20(25)22-12-16-9-10-19(27-16)15-6-3-2-4-7-15/h2-4,6-7,13,16,18-19H,5,8-12H2,1H3,(H,22,25)/t16-,18?,19+/m0/s1. The minimum atomic E-state index is -0.550. The number of thiazole rings is 1. The van der Waals surface area contributed by atoms with Gasteiger partial charge in [0.05, 0.1) is 29.0 Å². The first-order valence-electron chi connectivity index (χ1n) is 9.83. The summed E-state index contributed by atoms with van der Waals surface area (Å²) in [6, 6.07) is 10.0. The number of aromatic nitrogens is 1. The number of amides is 2. The zero-order valence-electron chi connectivity index (χ0n) is 16.0. The molecule has 28 heavy (non-hydrogen) atoms. The number of benzene rings is 1. The Hall–Kier alpha value is -2.25. The lowest BCUT2D eigenvalue weighted by Crippen LogP contribution is -2.44. The Balaban J connectivity index is 1.30. The number of hydrogen-bond acceptors (Lipinski definition) is 5. The van der Waals surface area contributed by atoms with Gasteiger partial charge in [-0.15, -0.1) is 11.3 Å². The van der Waals surface area contributed by atoms with Gasteiger partial charge in [-0.1, -0.05) is 30.3 Å². The molecule has 1 aromatic heterocycles. The Labute approximate surface area is 168 Å². The summed E-state index contributed by atoms with van der Waals surface area (Å²) >= 11 is 1.57. The second-order valence-corrected chi connectivity index (χ2v) is 8.45. The van der Waals surface area contributed by atoms with Crippen LogP contribution >= 0.6 is 11.3 Å². The van der Waals surface area contributed by atoms with Crippen LogP contribution in [0.2, 0.25) is 0 Å². The van der Waals surface area contributed by atoms with Crippen molar-refractivity contribution in [2.24, 2.45) is 0 Å². The van der Waals surface area contributed by atoms with Crippen molar-refractivity contribution in [2.75, 3.05) is 13.1 Å². The highest BCUT2D eigenvalue weighted by molar-refractivity contribution is 7.09.